The number of aliphatic hydroxyl groups excluding tert-OH is 1. The Bertz CT molecular complexity index is 291. The molecule has 14 heavy (non-hydrogen) atoms. The van der Waals surface area contributed by atoms with Crippen molar-refractivity contribution in [2.24, 2.45) is 13.0 Å². The molecule has 0 saturated heterocycles. The van der Waals surface area contributed by atoms with Crippen molar-refractivity contribution >= 4 is 0 Å². The minimum Gasteiger partial charge on any atom is -0.393 e. The lowest BCUT2D eigenvalue weighted by atomic mass is 9.95. The van der Waals surface area contributed by atoms with Gasteiger partial charge in [-0.1, -0.05) is 13.3 Å². The van der Waals surface area contributed by atoms with E-state index in [2.05, 4.69) is 18.1 Å². The van der Waals surface area contributed by atoms with E-state index in [0.717, 1.165) is 18.5 Å². The SMILES string of the molecule is CCC(Cc1cc(C)nn1C)C(C)O. The Hall–Kier alpha value is -0.830. The fourth-order valence-electron chi connectivity index (χ4n) is 1.78. The van der Waals surface area contributed by atoms with Gasteiger partial charge in [-0.25, -0.2) is 0 Å². The maximum atomic E-state index is 9.54. The van der Waals surface area contributed by atoms with Crippen molar-refractivity contribution in [1.29, 1.82) is 0 Å². The molecule has 0 bridgehead atoms. The number of hydrogen-bond acceptors (Lipinski definition) is 2. The van der Waals surface area contributed by atoms with Crippen molar-refractivity contribution in [2.45, 2.75) is 39.7 Å². The first-order chi connectivity index (χ1) is 6.54. The molecule has 0 radical (unpaired) electrons. The van der Waals surface area contributed by atoms with E-state index in [-0.39, 0.29) is 6.10 Å². The molecule has 1 aromatic rings. The molecule has 2 unspecified atom stereocenters. The van der Waals surface area contributed by atoms with Crippen molar-refractivity contribution in [3.8, 4) is 0 Å². The third-order valence-corrected chi connectivity index (χ3v) is 2.78. The van der Waals surface area contributed by atoms with Gasteiger partial charge in [0.1, 0.15) is 0 Å². The lowest BCUT2D eigenvalue weighted by Crippen LogP contribution is -2.19. The maximum Gasteiger partial charge on any atom is 0.0596 e. The van der Waals surface area contributed by atoms with E-state index in [0.29, 0.717) is 5.92 Å². The summed E-state index contributed by atoms with van der Waals surface area (Å²) in [5.74, 6) is 0.338. The van der Waals surface area contributed by atoms with Crippen LogP contribution in [0.25, 0.3) is 0 Å². The van der Waals surface area contributed by atoms with E-state index in [4.69, 9.17) is 0 Å². The second-order valence-electron chi connectivity index (χ2n) is 4.01. The molecule has 1 heterocycles. The van der Waals surface area contributed by atoms with Crippen molar-refractivity contribution in [1.82, 2.24) is 9.78 Å². The molecule has 0 amide bonds. The molecule has 1 aromatic heterocycles. The van der Waals surface area contributed by atoms with Gasteiger partial charge in [-0.3, -0.25) is 4.68 Å². The third kappa shape index (κ3) is 2.58. The van der Waals surface area contributed by atoms with E-state index in [9.17, 15) is 5.11 Å². The Labute approximate surface area is 85.8 Å². The van der Waals surface area contributed by atoms with Crippen LogP contribution in [0.1, 0.15) is 31.7 Å². The molecule has 1 N–H and O–H groups in total. The van der Waals surface area contributed by atoms with Crippen molar-refractivity contribution in [3.05, 3.63) is 17.5 Å². The quantitative estimate of drug-likeness (QED) is 0.795. The second kappa shape index (κ2) is 4.60. The summed E-state index contributed by atoms with van der Waals surface area (Å²) in [6, 6.07) is 2.09. The number of nitrogens with zero attached hydrogens (tertiary/aromatic N) is 2. The van der Waals surface area contributed by atoms with Crippen LogP contribution in [0.15, 0.2) is 6.07 Å². The van der Waals surface area contributed by atoms with Gasteiger partial charge in [-0.2, -0.15) is 5.10 Å². The number of aliphatic hydroxyl groups is 1. The van der Waals surface area contributed by atoms with Crippen molar-refractivity contribution in [3.63, 3.8) is 0 Å². The van der Waals surface area contributed by atoms with Gasteiger partial charge in [0.05, 0.1) is 11.8 Å². The third-order valence-electron chi connectivity index (χ3n) is 2.78. The molecule has 0 fully saturated rings. The molecule has 0 aliphatic heterocycles. The van der Waals surface area contributed by atoms with Crippen LogP contribution in [-0.4, -0.2) is 21.0 Å². The standard InChI is InChI=1S/C11H20N2O/c1-5-10(9(3)14)7-11-6-8(2)12-13(11)4/h6,9-10,14H,5,7H2,1-4H3. The molecule has 0 aromatic carbocycles. The zero-order valence-corrected chi connectivity index (χ0v) is 9.49. The highest BCUT2D eigenvalue weighted by Crippen LogP contribution is 2.16. The first-order valence-corrected chi connectivity index (χ1v) is 5.22. The lowest BCUT2D eigenvalue weighted by molar-refractivity contribution is 0.122. The highest BCUT2D eigenvalue weighted by molar-refractivity contribution is 5.09. The summed E-state index contributed by atoms with van der Waals surface area (Å²) in [6.07, 6.45) is 1.67. The highest BCUT2D eigenvalue weighted by atomic mass is 16.3. The summed E-state index contributed by atoms with van der Waals surface area (Å²) in [5.41, 5.74) is 2.25. The summed E-state index contributed by atoms with van der Waals surface area (Å²) >= 11 is 0. The minimum absolute atomic E-state index is 0.241. The first-order valence-electron chi connectivity index (χ1n) is 5.22. The molecule has 3 heteroatoms. The van der Waals surface area contributed by atoms with Gasteiger partial charge in [0.25, 0.3) is 0 Å². The van der Waals surface area contributed by atoms with Gasteiger partial charge < -0.3 is 5.11 Å². The largest absolute Gasteiger partial charge is 0.393 e. The molecule has 1 rings (SSSR count). The Morgan fingerprint density at radius 2 is 2.21 bits per heavy atom. The Morgan fingerprint density at radius 3 is 2.57 bits per heavy atom. The van der Waals surface area contributed by atoms with Gasteiger partial charge in [0.15, 0.2) is 0 Å². The molecule has 2 atom stereocenters. The Morgan fingerprint density at radius 1 is 1.57 bits per heavy atom. The summed E-state index contributed by atoms with van der Waals surface area (Å²) in [4.78, 5) is 0. The maximum absolute atomic E-state index is 9.54. The smallest absolute Gasteiger partial charge is 0.0596 e. The van der Waals surface area contributed by atoms with Gasteiger partial charge >= 0.3 is 0 Å². The van der Waals surface area contributed by atoms with Crippen LogP contribution in [0.5, 0.6) is 0 Å². The van der Waals surface area contributed by atoms with Crippen LogP contribution < -0.4 is 0 Å². The molecule has 0 aliphatic rings. The molecule has 80 valence electrons. The van der Waals surface area contributed by atoms with Gasteiger partial charge in [-0.05, 0) is 32.3 Å². The van der Waals surface area contributed by atoms with Gasteiger partial charge in [-0.15, -0.1) is 0 Å². The minimum atomic E-state index is -0.241. The normalized spacial score (nSPS) is 15.5. The van der Waals surface area contributed by atoms with E-state index in [1.807, 2.05) is 25.6 Å². The predicted molar refractivity (Wildman–Crippen MR) is 57.1 cm³/mol. The fourth-order valence-corrected chi connectivity index (χ4v) is 1.78. The Balaban J connectivity index is 2.71. The van der Waals surface area contributed by atoms with Gasteiger partial charge in [0, 0.05) is 12.7 Å². The topological polar surface area (TPSA) is 38.0 Å². The van der Waals surface area contributed by atoms with Crippen LogP contribution in [0.4, 0.5) is 0 Å². The average molecular weight is 196 g/mol. The Kier molecular flexibility index (Phi) is 3.69. The van der Waals surface area contributed by atoms with Gasteiger partial charge in [0.2, 0.25) is 0 Å². The fraction of sp³-hybridized carbons (Fsp3) is 0.727. The van der Waals surface area contributed by atoms with Crippen LogP contribution >= 0.6 is 0 Å². The van der Waals surface area contributed by atoms with Crippen molar-refractivity contribution < 1.29 is 5.11 Å². The molecule has 3 nitrogen and oxygen atoms in total. The van der Waals surface area contributed by atoms with Crippen LogP contribution in [0.2, 0.25) is 0 Å². The lowest BCUT2D eigenvalue weighted by Gasteiger charge is -2.17. The molecule has 0 spiro atoms. The summed E-state index contributed by atoms with van der Waals surface area (Å²) in [5, 5.41) is 13.8. The number of rotatable bonds is 4. The molecule has 0 saturated carbocycles. The first kappa shape index (κ1) is 11.2. The summed E-state index contributed by atoms with van der Waals surface area (Å²) in [7, 11) is 1.96. The van der Waals surface area contributed by atoms with Crippen LogP contribution in [0.3, 0.4) is 0 Å². The van der Waals surface area contributed by atoms with E-state index >= 15 is 0 Å². The average Bonchev–Trinajstić information content (AvgIpc) is 2.40. The van der Waals surface area contributed by atoms with E-state index < -0.39 is 0 Å². The molecular weight excluding hydrogens is 176 g/mol. The van der Waals surface area contributed by atoms with Crippen LogP contribution in [-0.2, 0) is 13.5 Å². The molecule has 0 aliphatic carbocycles. The highest BCUT2D eigenvalue weighted by Gasteiger charge is 2.15. The monoisotopic (exact) mass is 196 g/mol. The number of hydrogen-bond donors (Lipinski definition) is 1. The zero-order chi connectivity index (χ0) is 10.7. The predicted octanol–water partition coefficient (Wildman–Crippen LogP) is 1.68. The van der Waals surface area contributed by atoms with Crippen LogP contribution in [0, 0.1) is 12.8 Å². The molecular formula is C11H20N2O. The van der Waals surface area contributed by atoms with E-state index in [1.54, 1.807) is 0 Å². The summed E-state index contributed by atoms with van der Waals surface area (Å²) in [6.45, 7) is 5.96. The second-order valence-corrected chi connectivity index (χ2v) is 4.01. The summed E-state index contributed by atoms with van der Waals surface area (Å²) < 4.78 is 1.90. The van der Waals surface area contributed by atoms with Crippen molar-refractivity contribution in [2.75, 3.05) is 0 Å². The number of aryl methyl sites for hydroxylation is 2. The van der Waals surface area contributed by atoms with E-state index in [1.165, 1.54) is 5.69 Å². The number of aromatic nitrogens is 2. The zero-order valence-electron chi connectivity index (χ0n) is 9.49.